The average Bonchev–Trinajstić information content (AvgIpc) is 2.99. The normalized spacial score (nSPS) is 12.9. The summed E-state index contributed by atoms with van der Waals surface area (Å²) in [5, 5.41) is 11.1. The molecule has 2 N–H and O–H groups in total. The Morgan fingerprint density at radius 3 is 2.75 bits per heavy atom. The second-order valence-electron chi connectivity index (χ2n) is 6.11. The van der Waals surface area contributed by atoms with Gasteiger partial charge in [-0.2, -0.15) is 5.10 Å². The predicted molar refractivity (Wildman–Crippen MR) is 100 cm³/mol. The first-order chi connectivity index (χ1) is 11.7. The van der Waals surface area contributed by atoms with Crippen LogP contribution in [0.15, 0.2) is 47.7 Å². The number of rotatable bonds is 8. The Kier molecular flexibility index (Phi) is 7.33. The van der Waals surface area contributed by atoms with E-state index in [0.717, 1.165) is 31.9 Å². The molecule has 5 nitrogen and oxygen atoms in total. The fourth-order valence-corrected chi connectivity index (χ4v) is 2.51. The lowest BCUT2D eigenvalue weighted by Gasteiger charge is -2.18. The number of aryl methyl sites for hydroxylation is 2. The van der Waals surface area contributed by atoms with Gasteiger partial charge in [-0.05, 0) is 44.7 Å². The van der Waals surface area contributed by atoms with Gasteiger partial charge in [-0.1, -0.05) is 30.3 Å². The third-order valence-electron chi connectivity index (χ3n) is 3.80. The van der Waals surface area contributed by atoms with Crippen LogP contribution in [0.25, 0.3) is 0 Å². The lowest BCUT2D eigenvalue weighted by Crippen LogP contribution is -2.42. The zero-order valence-corrected chi connectivity index (χ0v) is 15.0. The molecule has 130 valence electrons. The molecule has 0 aliphatic heterocycles. The molecule has 1 aromatic heterocycles. The lowest BCUT2D eigenvalue weighted by atomic mass is 10.1. The van der Waals surface area contributed by atoms with Gasteiger partial charge in [0.15, 0.2) is 5.96 Å². The zero-order valence-electron chi connectivity index (χ0n) is 15.0. The number of guanidine groups is 1. The van der Waals surface area contributed by atoms with Crippen LogP contribution in [0.4, 0.5) is 0 Å². The molecule has 1 atom stereocenters. The second kappa shape index (κ2) is 9.75. The van der Waals surface area contributed by atoms with Crippen LogP contribution in [0.3, 0.4) is 0 Å². The molecular weight excluding hydrogens is 298 g/mol. The van der Waals surface area contributed by atoms with Crippen molar-refractivity contribution in [3.05, 3.63) is 53.9 Å². The Hall–Kier alpha value is -2.30. The molecule has 24 heavy (non-hydrogen) atoms. The number of nitrogens with zero attached hydrogens (tertiary/aromatic N) is 3. The molecule has 2 rings (SSSR count). The SMILES string of the molecule is CCNC(=NCCn1cc(C)cn1)NC(C)CCc1ccccc1. The number of aliphatic imine (C=N–C) groups is 1. The maximum Gasteiger partial charge on any atom is 0.191 e. The van der Waals surface area contributed by atoms with Crippen molar-refractivity contribution in [2.75, 3.05) is 13.1 Å². The number of aromatic nitrogens is 2. The third kappa shape index (κ3) is 6.44. The van der Waals surface area contributed by atoms with Crippen molar-refractivity contribution >= 4 is 5.96 Å². The van der Waals surface area contributed by atoms with Crippen molar-refractivity contribution in [1.82, 2.24) is 20.4 Å². The topological polar surface area (TPSA) is 54.2 Å². The Bertz CT molecular complexity index is 618. The van der Waals surface area contributed by atoms with E-state index in [1.807, 2.05) is 24.0 Å². The first-order valence-electron chi connectivity index (χ1n) is 8.75. The number of nitrogens with one attached hydrogen (secondary N) is 2. The number of hydrogen-bond acceptors (Lipinski definition) is 2. The highest BCUT2D eigenvalue weighted by atomic mass is 15.3. The molecule has 0 saturated heterocycles. The van der Waals surface area contributed by atoms with E-state index in [1.54, 1.807) is 0 Å². The Morgan fingerprint density at radius 1 is 1.29 bits per heavy atom. The minimum Gasteiger partial charge on any atom is -0.357 e. The summed E-state index contributed by atoms with van der Waals surface area (Å²) in [7, 11) is 0. The number of benzene rings is 1. The van der Waals surface area contributed by atoms with Gasteiger partial charge in [-0.25, -0.2) is 0 Å². The molecule has 0 aliphatic carbocycles. The zero-order chi connectivity index (χ0) is 17.2. The minimum absolute atomic E-state index is 0.370. The quantitative estimate of drug-likeness (QED) is 0.579. The van der Waals surface area contributed by atoms with Crippen LogP contribution in [-0.4, -0.2) is 34.9 Å². The summed E-state index contributed by atoms with van der Waals surface area (Å²) in [6.45, 7) is 8.70. The molecule has 1 heterocycles. The van der Waals surface area contributed by atoms with Crippen molar-refractivity contribution < 1.29 is 0 Å². The fraction of sp³-hybridized carbons (Fsp3) is 0.474. The van der Waals surface area contributed by atoms with E-state index in [4.69, 9.17) is 0 Å². The van der Waals surface area contributed by atoms with E-state index in [0.29, 0.717) is 12.6 Å². The molecule has 0 fully saturated rings. The van der Waals surface area contributed by atoms with E-state index < -0.39 is 0 Å². The summed E-state index contributed by atoms with van der Waals surface area (Å²) in [4.78, 5) is 4.65. The third-order valence-corrected chi connectivity index (χ3v) is 3.80. The fourth-order valence-electron chi connectivity index (χ4n) is 2.51. The van der Waals surface area contributed by atoms with Gasteiger partial charge in [0.2, 0.25) is 0 Å². The van der Waals surface area contributed by atoms with E-state index in [9.17, 15) is 0 Å². The van der Waals surface area contributed by atoms with Gasteiger partial charge in [0.25, 0.3) is 0 Å². The highest BCUT2D eigenvalue weighted by Gasteiger charge is 2.05. The Morgan fingerprint density at radius 2 is 2.08 bits per heavy atom. The number of hydrogen-bond donors (Lipinski definition) is 2. The monoisotopic (exact) mass is 327 g/mol. The molecule has 1 aromatic carbocycles. The van der Waals surface area contributed by atoms with Gasteiger partial charge in [0, 0.05) is 18.8 Å². The molecule has 2 aromatic rings. The maximum absolute atomic E-state index is 4.65. The highest BCUT2D eigenvalue weighted by molar-refractivity contribution is 5.80. The van der Waals surface area contributed by atoms with Crippen molar-refractivity contribution in [1.29, 1.82) is 0 Å². The molecule has 0 bridgehead atoms. The van der Waals surface area contributed by atoms with E-state index in [-0.39, 0.29) is 0 Å². The summed E-state index contributed by atoms with van der Waals surface area (Å²) < 4.78 is 1.93. The summed E-state index contributed by atoms with van der Waals surface area (Å²) in [5.41, 5.74) is 2.56. The summed E-state index contributed by atoms with van der Waals surface area (Å²) in [5.74, 6) is 0.877. The first kappa shape index (κ1) is 18.0. The van der Waals surface area contributed by atoms with Crippen LogP contribution in [0.1, 0.15) is 31.4 Å². The maximum atomic E-state index is 4.65. The average molecular weight is 327 g/mol. The smallest absolute Gasteiger partial charge is 0.191 e. The van der Waals surface area contributed by atoms with Crippen molar-refractivity contribution in [2.45, 2.75) is 46.2 Å². The molecule has 0 saturated carbocycles. The van der Waals surface area contributed by atoms with Crippen LogP contribution in [-0.2, 0) is 13.0 Å². The Labute approximate surface area is 145 Å². The largest absolute Gasteiger partial charge is 0.357 e. The van der Waals surface area contributed by atoms with Crippen molar-refractivity contribution in [3.8, 4) is 0 Å². The van der Waals surface area contributed by atoms with Gasteiger partial charge in [0.1, 0.15) is 0 Å². The molecule has 0 aliphatic rings. The molecule has 0 amide bonds. The van der Waals surface area contributed by atoms with Crippen LogP contribution in [0, 0.1) is 6.92 Å². The lowest BCUT2D eigenvalue weighted by molar-refractivity contribution is 0.586. The molecule has 1 unspecified atom stereocenters. The summed E-state index contributed by atoms with van der Waals surface area (Å²) in [6, 6.07) is 11.0. The van der Waals surface area contributed by atoms with Crippen molar-refractivity contribution in [3.63, 3.8) is 0 Å². The summed E-state index contributed by atoms with van der Waals surface area (Å²) in [6.07, 6.45) is 6.06. The molecular formula is C19H29N5. The van der Waals surface area contributed by atoms with Crippen molar-refractivity contribution in [2.24, 2.45) is 4.99 Å². The Balaban J connectivity index is 1.79. The summed E-state index contributed by atoms with van der Waals surface area (Å²) >= 11 is 0. The van der Waals surface area contributed by atoms with Gasteiger partial charge < -0.3 is 10.6 Å². The second-order valence-corrected chi connectivity index (χ2v) is 6.11. The van der Waals surface area contributed by atoms with E-state index in [1.165, 1.54) is 11.1 Å². The molecule has 0 radical (unpaired) electrons. The van der Waals surface area contributed by atoms with E-state index >= 15 is 0 Å². The molecule has 0 spiro atoms. The van der Waals surface area contributed by atoms with Gasteiger partial charge >= 0.3 is 0 Å². The van der Waals surface area contributed by atoms with Gasteiger partial charge in [0.05, 0.1) is 19.3 Å². The van der Waals surface area contributed by atoms with Crippen LogP contribution in [0.2, 0.25) is 0 Å². The molecule has 5 heteroatoms. The predicted octanol–water partition coefficient (Wildman–Crippen LogP) is 2.77. The first-order valence-corrected chi connectivity index (χ1v) is 8.75. The van der Waals surface area contributed by atoms with Crippen LogP contribution < -0.4 is 10.6 Å². The highest BCUT2D eigenvalue weighted by Crippen LogP contribution is 2.04. The standard InChI is InChI=1S/C19H29N5/c1-4-20-19(21-12-13-24-15-16(2)14-22-24)23-17(3)10-11-18-8-6-5-7-9-18/h5-9,14-15,17H,4,10-13H2,1-3H3,(H2,20,21,23). The van der Waals surface area contributed by atoms with Gasteiger partial charge in [-0.3, -0.25) is 9.67 Å². The van der Waals surface area contributed by atoms with Gasteiger partial charge in [-0.15, -0.1) is 0 Å². The minimum atomic E-state index is 0.370. The van der Waals surface area contributed by atoms with E-state index in [2.05, 4.69) is 64.9 Å². The van der Waals surface area contributed by atoms with Crippen LogP contribution >= 0.6 is 0 Å². The van der Waals surface area contributed by atoms with Crippen LogP contribution in [0.5, 0.6) is 0 Å².